The van der Waals surface area contributed by atoms with Crippen molar-refractivity contribution in [1.82, 2.24) is 0 Å². The summed E-state index contributed by atoms with van der Waals surface area (Å²) in [6.45, 7) is 7.47. The van der Waals surface area contributed by atoms with E-state index in [1.165, 1.54) is 25.7 Å². The number of fused-ring (bicyclic) bond motifs is 2. The van der Waals surface area contributed by atoms with Crippen LogP contribution in [0.3, 0.4) is 0 Å². The quantitative estimate of drug-likeness (QED) is 0.733. The summed E-state index contributed by atoms with van der Waals surface area (Å²) in [5.41, 5.74) is 0.593. The topological polar surface area (TPSA) is 20.2 Å². The lowest BCUT2D eigenvalue weighted by atomic mass is 9.62. The van der Waals surface area contributed by atoms with Crippen molar-refractivity contribution in [2.24, 2.45) is 35.0 Å². The molecule has 0 aromatic rings. The van der Waals surface area contributed by atoms with Gasteiger partial charge in [0.15, 0.2) is 0 Å². The second-order valence-corrected chi connectivity index (χ2v) is 7.67. The molecule has 0 radical (unpaired) electrons. The fourth-order valence-corrected chi connectivity index (χ4v) is 5.28. The molecule has 1 heteroatoms. The van der Waals surface area contributed by atoms with Crippen molar-refractivity contribution in [3.8, 4) is 0 Å². The summed E-state index contributed by atoms with van der Waals surface area (Å²) in [7, 11) is 0. The average molecular weight is 236 g/mol. The Balaban J connectivity index is 1.68. The molecule has 3 aliphatic rings. The maximum atomic E-state index is 9.64. The molecule has 2 bridgehead atoms. The van der Waals surface area contributed by atoms with Gasteiger partial charge in [-0.2, -0.15) is 0 Å². The number of hydrogen-bond donors (Lipinski definition) is 1. The first-order chi connectivity index (χ1) is 8.00. The molecule has 3 saturated carbocycles. The van der Waals surface area contributed by atoms with Gasteiger partial charge in [-0.05, 0) is 73.5 Å². The number of aliphatic hydroxyl groups is 1. The first-order valence-corrected chi connectivity index (χ1v) is 7.68. The molecule has 3 aliphatic carbocycles. The minimum atomic E-state index is 0.0127. The molecule has 98 valence electrons. The van der Waals surface area contributed by atoms with E-state index in [4.69, 9.17) is 0 Å². The summed E-state index contributed by atoms with van der Waals surface area (Å²) in [6.07, 6.45) is 7.72. The van der Waals surface area contributed by atoms with E-state index in [0.29, 0.717) is 5.41 Å². The first-order valence-electron chi connectivity index (χ1n) is 7.68. The zero-order chi connectivity index (χ0) is 12.2. The lowest BCUT2D eigenvalue weighted by Gasteiger charge is -2.44. The molecule has 0 heterocycles. The maximum absolute atomic E-state index is 9.64. The number of hydrogen-bond acceptors (Lipinski definition) is 1. The summed E-state index contributed by atoms with van der Waals surface area (Å²) >= 11 is 0. The van der Waals surface area contributed by atoms with E-state index < -0.39 is 0 Å². The van der Waals surface area contributed by atoms with E-state index in [9.17, 15) is 5.11 Å². The molecule has 0 spiro atoms. The Bertz CT molecular complexity index is 284. The summed E-state index contributed by atoms with van der Waals surface area (Å²) in [6, 6.07) is 0. The second-order valence-electron chi connectivity index (χ2n) is 7.67. The van der Waals surface area contributed by atoms with Crippen molar-refractivity contribution in [3.63, 3.8) is 0 Å². The summed E-state index contributed by atoms with van der Waals surface area (Å²) in [5, 5.41) is 9.64. The van der Waals surface area contributed by atoms with Gasteiger partial charge in [-0.15, -0.1) is 0 Å². The SMILES string of the molecule is CC1C2CC(CC2C2CCC(O)CC2)C1(C)C. The number of aliphatic hydroxyl groups excluding tert-OH is 1. The molecular weight excluding hydrogens is 208 g/mol. The highest BCUT2D eigenvalue weighted by Crippen LogP contribution is 2.63. The Morgan fingerprint density at radius 2 is 1.53 bits per heavy atom. The van der Waals surface area contributed by atoms with Gasteiger partial charge in [-0.3, -0.25) is 0 Å². The zero-order valence-electron chi connectivity index (χ0n) is 11.7. The Morgan fingerprint density at radius 3 is 2.06 bits per heavy atom. The lowest BCUT2D eigenvalue weighted by molar-refractivity contribution is 0.0336. The zero-order valence-corrected chi connectivity index (χ0v) is 11.7. The van der Waals surface area contributed by atoms with Gasteiger partial charge in [-0.1, -0.05) is 20.8 Å². The van der Waals surface area contributed by atoms with Gasteiger partial charge < -0.3 is 5.11 Å². The minimum Gasteiger partial charge on any atom is -0.393 e. The van der Waals surface area contributed by atoms with Crippen molar-refractivity contribution < 1.29 is 5.11 Å². The Labute approximate surface area is 106 Å². The van der Waals surface area contributed by atoms with Crippen LogP contribution in [0.1, 0.15) is 59.3 Å². The van der Waals surface area contributed by atoms with Crippen LogP contribution in [0.4, 0.5) is 0 Å². The van der Waals surface area contributed by atoms with Crippen LogP contribution in [0.5, 0.6) is 0 Å². The summed E-state index contributed by atoms with van der Waals surface area (Å²) in [5.74, 6) is 4.83. The van der Waals surface area contributed by atoms with E-state index in [0.717, 1.165) is 42.4 Å². The van der Waals surface area contributed by atoms with Crippen LogP contribution in [-0.4, -0.2) is 11.2 Å². The maximum Gasteiger partial charge on any atom is 0.0540 e. The van der Waals surface area contributed by atoms with Gasteiger partial charge in [0.1, 0.15) is 0 Å². The lowest BCUT2D eigenvalue weighted by Crippen LogP contribution is -2.37. The Morgan fingerprint density at radius 1 is 0.941 bits per heavy atom. The summed E-state index contributed by atoms with van der Waals surface area (Å²) in [4.78, 5) is 0. The van der Waals surface area contributed by atoms with Crippen LogP contribution >= 0.6 is 0 Å². The van der Waals surface area contributed by atoms with Crippen molar-refractivity contribution in [2.75, 3.05) is 0 Å². The molecule has 4 unspecified atom stereocenters. The highest BCUT2D eigenvalue weighted by molar-refractivity contribution is 5.05. The van der Waals surface area contributed by atoms with E-state index in [1.54, 1.807) is 0 Å². The molecule has 1 N–H and O–H groups in total. The first kappa shape index (κ1) is 12.0. The third-order valence-corrected chi connectivity index (χ3v) is 6.88. The minimum absolute atomic E-state index is 0.0127. The van der Waals surface area contributed by atoms with Crippen LogP contribution in [0.25, 0.3) is 0 Å². The second kappa shape index (κ2) is 3.98. The monoisotopic (exact) mass is 236 g/mol. The van der Waals surface area contributed by atoms with Crippen molar-refractivity contribution in [1.29, 1.82) is 0 Å². The number of rotatable bonds is 1. The molecule has 0 aliphatic heterocycles. The van der Waals surface area contributed by atoms with Gasteiger partial charge >= 0.3 is 0 Å². The highest BCUT2D eigenvalue weighted by Gasteiger charge is 2.56. The smallest absolute Gasteiger partial charge is 0.0540 e. The predicted octanol–water partition coefficient (Wildman–Crippen LogP) is 3.86. The molecule has 1 nitrogen and oxygen atoms in total. The third-order valence-electron chi connectivity index (χ3n) is 6.88. The fraction of sp³-hybridized carbons (Fsp3) is 1.00. The van der Waals surface area contributed by atoms with Crippen molar-refractivity contribution in [3.05, 3.63) is 0 Å². The van der Waals surface area contributed by atoms with E-state index in [2.05, 4.69) is 20.8 Å². The van der Waals surface area contributed by atoms with Crippen LogP contribution in [0.2, 0.25) is 0 Å². The molecule has 3 fully saturated rings. The normalized spacial score (nSPS) is 52.9. The van der Waals surface area contributed by atoms with Crippen LogP contribution < -0.4 is 0 Å². The molecule has 0 saturated heterocycles. The van der Waals surface area contributed by atoms with Crippen LogP contribution in [0.15, 0.2) is 0 Å². The summed E-state index contributed by atoms with van der Waals surface area (Å²) < 4.78 is 0. The molecule has 0 aromatic carbocycles. The molecule has 4 atom stereocenters. The van der Waals surface area contributed by atoms with E-state index >= 15 is 0 Å². The van der Waals surface area contributed by atoms with Crippen LogP contribution in [0, 0.1) is 35.0 Å². The van der Waals surface area contributed by atoms with Gasteiger partial charge in [0, 0.05) is 0 Å². The average Bonchev–Trinajstić information content (AvgIpc) is 2.81. The molecular formula is C16H28O. The third kappa shape index (κ3) is 1.77. The van der Waals surface area contributed by atoms with E-state index in [1.807, 2.05) is 0 Å². The molecule has 3 rings (SSSR count). The molecule has 17 heavy (non-hydrogen) atoms. The molecule has 0 amide bonds. The van der Waals surface area contributed by atoms with Gasteiger partial charge in [0.05, 0.1) is 6.10 Å². The highest BCUT2D eigenvalue weighted by atomic mass is 16.3. The van der Waals surface area contributed by atoms with Crippen LogP contribution in [-0.2, 0) is 0 Å². The van der Waals surface area contributed by atoms with Crippen molar-refractivity contribution >= 4 is 0 Å². The Kier molecular flexibility index (Phi) is 2.81. The van der Waals surface area contributed by atoms with Gasteiger partial charge in [-0.25, -0.2) is 0 Å². The predicted molar refractivity (Wildman–Crippen MR) is 70.6 cm³/mol. The van der Waals surface area contributed by atoms with Gasteiger partial charge in [0.2, 0.25) is 0 Å². The van der Waals surface area contributed by atoms with E-state index in [-0.39, 0.29) is 6.10 Å². The van der Waals surface area contributed by atoms with Gasteiger partial charge in [0.25, 0.3) is 0 Å². The fourth-order valence-electron chi connectivity index (χ4n) is 5.28. The standard InChI is InChI=1S/C16H28O/c1-10-14-8-12(16(10,2)3)9-15(14)11-4-6-13(17)7-5-11/h10-15,17H,4-9H2,1-3H3. The van der Waals surface area contributed by atoms with Crippen molar-refractivity contribution in [2.45, 2.75) is 65.4 Å². The largest absolute Gasteiger partial charge is 0.393 e. The Hall–Kier alpha value is -0.0400. The molecule has 0 aromatic heterocycles.